The van der Waals surface area contributed by atoms with Crippen molar-refractivity contribution in [2.45, 2.75) is 25.5 Å². The van der Waals surface area contributed by atoms with Gasteiger partial charge in [-0.2, -0.15) is 5.10 Å². The van der Waals surface area contributed by atoms with Crippen molar-refractivity contribution >= 4 is 34.2 Å². The van der Waals surface area contributed by atoms with Gasteiger partial charge in [-0.3, -0.25) is 9.79 Å². The summed E-state index contributed by atoms with van der Waals surface area (Å²) in [7, 11) is 0. The molecule has 25 heavy (non-hydrogen) atoms. The van der Waals surface area contributed by atoms with Crippen molar-refractivity contribution < 1.29 is 4.79 Å². The fourth-order valence-electron chi connectivity index (χ4n) is 2.35. The number of thioether (sulfide) groups is 1. The highest BCUT2D eigenvalue weighted by molar-refractivity contribution is 8.15. The monoisotopic (exact) mass is 355 g/mol. The summed E-state index contributed by atoms with van der Waals surface area (Å²) in [6.45, 7) is 4.93. The van der Waals surface area contributed by atoms with E-state index in [0.717, 1.165) is 35.1 Å². The van der Waals surface area contributed by atoms with Crippen molar-refractivity contribution in [3.8, 4) is 0 Å². The van der Waals surface area contributed by atoms with Crippen LogP contribution in [-0.4, -0.2) is 33.6 Å². The van der Waals surface area contributed by atoms with E-state index < -0.39 is 0 Å². The number of nitrogens with zero attached hydrogens (tertiary/aromatic N) is 2. The molecule has 3 N–H and O–H groups in total. The number of rotatable bonds is 5. The molecule has 6 nitrogen and oxygen atoms in total. The molecule has 1 aromatic carbocycles. The Bertz CT molecular complexity index is 780. The van der Waals surface area contributed by atoms with Crippen molar-refractivity contribution in [1.82, 2.24) is 10.4 Å². The van der Waals surface area contributed by atoms with Crippen LogP contribution in [0.15, 0.2) is 52.7 Å². The van der Waals surface area contributed by atoms with Gasteiger partial charge in [0.25, 0.3) is 5.91 Å². The maximum Gasteiger partial charge on any atom is 0.287 e. The topological polar surface area (TPSA) is 81.6 Å². The molecule has 1 amide bonds. The van der Waals surface area contributed by atoms with E-state index >= 15 is 0 Å². The van der Waals surface area contributed by atoms with E-state index in [1.807, 2.05) is 31.2 Å². The van der Waals surface area contributed by atoms with E-state index in [0.29, 0.717) is 10.9 Å². The molecule has 0 aliphatic carbocycles. The quantitative estimate of drug-likeness (QED) is 0.567. The average Bonchev–Trinajstić information content (AvgIpc) is 3.32. The van der Waals surface area contributed by atoms with Crippen LogP contribution in [0.3, 0.4) is 0 Å². The van der Waals surface area contributed by atoms with E-state index in [4.69, 9.17) is 0 Å². The number of aromatic nitrogens is 1. The highest BCUT2D eigenvalue weighted by atomic mass is 32.2. The zero-order valence-electron chi connectivity index (χ0n) is 14.2. The minimum Gasteiger partial charge on any atom is -0.357 e. The summed E-state index contributed by atoms with van der Waals surface area (Å²) in [6.07, 6.45) is 2.83. The van der Waals surface area contributed by atoms with E-state index in [1.165, 1.54) is 0 Å². The first-order valence-corrected chi connectivity index (χ1v) is 9.10. The first-order valence-electron chi connectivity index (χ1n) is 8.22. The molecule has 0 saturated heterocycles. The second-order valence-corrected chi connectivity index (χ2v) is 7.01. The summed E-state index contributed by atoms with van der Waals surface area (Å²) in [6, 6.07) is 11.4. The summed E-state index contributed by atoms with van der Waals surface area (Å²) in [5.74, 6) is -0.260. The van der Waals surface area contributed by atoms with Gasteiger partial charge in [-0.1, -0.05) is 30.8 Å². The van der Waals surface area contributed by atoms with Crippen LogP contribution in [0.2, 0.25) is 0 Å². The first-order chi connectivity index (χ1) is 12.2. The molecule has 0 radical (unpaired) electrons. The predicted octanol–water partition coefficient (Wildman–Crippen LogP) is 3.46. The van der Waals surface area contributed by atoms with Crippen LogP contribution in [0, 0.1) is 0 Å². The molecule has 0 unspecified atom stereocenters. The largest absolute Gasteiger partial charge is 0.357 e. The van der Waals surface area contributed by atoms with E-state index in [9.17, 15) is 4.79 Å². The Balaban J connectivity index is 1.58. The van der Waals surface area contributed by atoms with Crippen LogP contribution in [0.4, 0.5) is 5.69 Å². The highest BCUT2D eigenvalue weighted by Crippen LogP contribution is 2.24. The van der Waals surface area contributed by atoms with Gasteiger partial charge < -0.3 is 10.3 Å². The molecule has 0 bridgehead atoms. The Morgan fingerprint density at radius 3 is 2.80 bits per heavy atom. The first kappa shape index (κ1) is 17.3. The highest BCUT2D eigenvalue weighted by Gasteiger charge is 2.17. The average molecular weight is 355 g/mol. The van der Waals surface area contributed by atoms with Crippen molar-refractivity contribution in [1.29, 1.82) is 0 Å². The number of hydrazone groups is 1. The number of hydrogen-bond acceptors (Lipinski definition) is 5. The number of aromatic amines is 1. The summed E-state index contributed by atoms with van der Waals surface area (Å²) >= 11 is 1.79. The lowest BCUT2D eigenvalue weighted by Gasteiger charge is -2.08. The molecular weight excluding hydrogens is 334 g/mol. The fourth-order valence-corrected chi connectivity index (χ4v) is 3.31. The van der Waals surface area contributed by atoms with Gasteiger partial charge in [0, 0.05) is 17.1 Å². The third-order valence-electron chi connectivity index (χ3n) is 3.89. The fraction of sp³-hybridized carbons (Fsp3) is 0.278. The second-order valence-electron chi connectivity index (χ2n) is 5.72. The van der Waals surface area contributed by atoms with Gasteiger partial charge in [-0.25, -0.2) is 5.43 Å². The number of anilines is 1. The molecular formula is C18H21N5OS. The number of carbonyl (C=O) groups excluding carboxylic acids is 1. The molecule has 0 fully saturated rings. The standard InChI is InChI=1S/C18H21N5OS/c1-3-15-11-20-18(25-15)21-14-8-6-13(7-9-14)12(2)22-23-17(24)16-5-4-10-19-16/h4-10,15,19H,3,11H2,1-2H3,(H,20,21)(H,23,24)/b22-12-/t15-/m1/s1. The van der Waals surface area contributed by atoms with Crippen LogP contribution in [0.5, 0.6) is 0 Å². The lowest BCUT2D eigenvalue weighted by Crippen LogP contribution is -2.19. The van der Waals surface area contributed by atoms with Crippen LogP contribution >= 0.6 is 11.8 Å². The lowest BCUT2D eigenvalue weighted by molar-refractivity contribution is 0.0950. The molecule has 1 aliphatic heterocycles. The third-order valence-corrected chi connectivity index (χ3v) is 5.16. The van der Waals surface area contributed by atoms with Gasteiger partial charge in [-0.05, 0) is 43.2 Å². The van der Waals surface area contributed by atoms with Gasteiger partial charge >= 0.3 is 0 Å². The summed E-state index contributed by atoms with van der Waals surface area (Å²) in [5, 5.41) is 9.05. The molecule has 2 heterocycles. The Kier molecular flexibility index (Phi) is 5.55. The Labute approximate surface area is 151 Å². The smallest absolute Gasteiger partial charge is 0.287 e. The third kappa shape index (κ3) is 4.51. The maximum atomic E-state index is 11.9. The summed E-state index contributed by atoms with van der Waals surface area (Å²) < 4.78 is 0. The van der Waals surface area contributed by atoms with Crippen molar-refractivity contribution in [3.05, 3.63) is 53.9 Å². The van der Waals surface area contributed by atoms with Crippen LogP contribution in [0.25, 0.3) is 0 Å². The van der Waals surface area contributed by atoms with E-state index in [2.05, 4.69) is 32.7 Å². The van der Waals surface area contributed by atoms with Gasteiger partial charge in [0.1, 0.15) is 5.69 Å². The second kappa shape index (κ2) is 8.02. The molecule has 7 heteroatoms. The number of hydrogen-bond donors (Lipinski definition) is 3. The minimum absolute atomic E-state index is 0.260. The lowest BCUT2D eigenvalue weighted by atomic mass is 10.1. The number of nitrogens with one attached hydrogen (secondary N) is 3. The van der Waals surface area contributed by atoms with Gasteiger partial charge in [-0.15, -0.1) is 0 Å². The molecule has 2 aromatic rings. The molecule has 1 aliphatic rings. The molecule has 1 atom stereocenters. The van der Waals surface area contributed by atoms with E-state index in [1.54, 1.807) is 30.1 Å². The predicted molar refractivity (Wildman–Crippen MR) is 105 cm³/mol. The maximum absolute atomic E-state index is 11.9. The van der Waals surface area contributed by atoms with E-state index in [-0.39, 0.29) is 5.91 Å². The van der Waals surface area contributed by atoms with Crippen molar-refractivity contribution in [2.75, 3.05) is 11.9 Å². The van der Waals surface area contributed by atoms with Crippen LogP contribution in [0.1, 0.15) is 36.3 Å². The number of aliphatic imine (C=N–C) groups is 1. The molecule has 0 saturated carbocycles. The van der Waals surface area contributed by atoms with Crippen LogP contribution in [-0.2, 0) is 0 Å². The normalized spacial score (nSPS) is 17.3. The van der Waals surface area contributed by atoms with Crippen LogP contribution < -0.4 is 10.7 Å². The molecule has 1 aromatic heterocycles. The minimum atomic E-state index is -0.260. The SMILES string of the molecule is CC[C@@H]1CN=C(Nc2ccc(/C(C)=N\NC(=O)c3ccc[nH]3)cc2)S1. The number of benzene rings is 1. The number of amidine groups is 1. The van der Waals surface area contributed by atoms with Gasteiger partial charge in [0.15, 0.2) is 5.17 Å². The molecule has 130 valence electrons. The Hall–Kier alpha value is -2.54. The zero-order valence-corrected chi connectivity index (χ0v) is 15.1. The number of amides is 1. The Morgan fingerprint density at radius 1 is 1.36 bits per heavy atom. The number of H-pyrrole nitrogens is 1. The van der Waals surface area contributed by atoms with Crippen molar-refractivity contribution in [2.24, 2.45) is 10.1 Å². The summed E-state index contributed by atoms with van der Waals surface area (Å²) in [4.78, 5) is 19.2. The van der Waals surface area contributed by atoms with Crippen molar-refractivity contribution in [3.63, 3.8) is 0 Å². The molecule has 3 rings (SSSR count). The summed E-state index contributed by atoms with van der Waals surface area (Å²) in [5.41, 5.74) is 5.72. The number of carbonyl (C=O) groups is 1. The molecule has 0 spiro atoms. The Morgan fingerprint density at radius 2 is 2.16 bits per heavy atom. The zero-order chi connectivity index (χ0) is 17.6. The van der Waals surface area contributed by atoms with Gasteiger partial charge in [0.05, 0.1) is 12.3 Å². The van der Waals surface area contributed by atoms with Gasteiger partial charge in [0.2, 0.25) is 0 Å².